The van der Waals surface area contributed by atoms with Gasteiger partial charge in [0, 0.05) is 11.1 Å². The number of nitrogens with two attached hydrogens (primary N) is 1. The minimum absolute atomic E-state index is 0.142. The summed E-state index contributed by atoms with van der Waals surface area (Å²) in [7, 11) is 0. The lowest BCUT2D eigenvalue weighted by molar-refractivity contribution is 0.415. The second kappa shape index (κ2) is 5.36. The molecule has 0 bridgehead atoms. The van der Waals surface area contributed by atoms with Crippen LogP contribution in [0.4, 0.5) is 4.39 Å². The molecule has 1 aromatic carbocycles. The predicted molar refractivity (Wildman–Crippen MR) is 69.6 cm³/mol. The molecule has 2 N–H and O–H groups in total. The Hall–Kier alpha value is -0.600. The summed E-state index contributed by atoms with van der Waals surface area (Å²) in [5.74, 6) is 1.09. The van der Waals surface area contributed by atoms with E-state index in [2.05, 4.69) is 6.92 Å². The van der Waals surface area contributed by atoms with Gasteiger partial charge in [0.15, 0.2) is 0 Å². The van der Waals surface area contributed by atoms with Crippen LogP contribution < -0.4 is 5.73 Å². The smallest absolute Gasteiger partial charge is 0.124 e. The molecule has 0 heterocycles. The van der Waals surface area contributed by atoms with Crippen molar-refractivity contribution in [3.8, 4) is 0 Å². The normalized spacial score (nSPS) is 26.1. The van der Waals surface area contributed by atoms with E-state index >= 15 is 0 Å². The van der Waals surface area contributed by atoms with E-state index < -0.39 is 0 Å². The molecule has 1 nitrogen and oxygen atoms in total. The summed E-state index contributed by atoms with van der Waals surface area (Å²) < 4.78 is 12.9. The van der Waals surface area contributed by atoms with Gasteiger partial charge in [-0.1, -0.05) is 31.0 Å². The molecule has 3 unspecified atom stereocenters. The minimum atomic E-state index is -0.290. The molecule has 0 aliphatic heterocycles. The lowest BCUT2D eigenvalue weighted by atomic mass is 9.92. The van der Waals surface area contributed by atoms with Crippen LogP contribution in [0.5, 0.6) is 0 Å². The highest BCUT2D eigenvalue weighted by Crippen LogP contribution is 2.33. The SMILES string of the molecule is CC1CCC(C(N)Cc2ccc(F)cc2Cl)C1. The maximum absolute atomic E-state index is 12.9. The summed E-state index contributed by atoms with van der Waals surface area (Å²) in [5, 5.41) is 0.492. The van der Waals surface area contributed by atoms with Crippen molar-refractivity contribution in [2.45, 2.75) is 38.6 Å². The molecular weight excluding hydrogens is 237 g/mol. The van der Waals surface area contributed by atoms with Crippen LogP contribution in [-0.2, 0) is 6.42 Å². The number of hydrogen-bond donors (Lipinski definition) is 1. The third kappa shape index (κ3) is 3.20. The molecule has 1 aliphatic rings. The molecule has 1 aromatic rings. The van der Waals surface area contributed by atoms with E-state index in [9.17, 15) is 4.39 Å². The van der Waals surface area contributed by atoms with Gasteiger partial charge >= 0.3 is 0 Å². The van der Waals surface area contributed by atoms with Crippen molar-refractivity contribution >= 4 is 11.6 Å². The van der Waals surface area contributed by atoms with Crippen LogP contribution in [0.25, 0.3) is 0 Å². The van der Waals surface area contributed by atoms with Crippen molar-refractivity contribution < 1.29 is 4.39 Å². The zero-order valence-electron chi connectivity index (χ0n) is 10.1. The largest absolute Gasteiger partial charge is 0.327 e. The van der Waals surface area contributed by atoms with Crippen LogP contribution in [0.3, 0.4) is 0 Å². The van der Waals surface area contributed by atoms with Crippen LogP contribution in [0.2, 0.25) is 5.02 Å². The quantitative estimate of drug-likeness (QED) is 0.874. The van der Waals surface area contributed by atoms with Gasteiger partial charge in [0.1, 0.15) is 5.82 Å². The van der Waals surface area contributed by atoms with Gasteiger partial charge in [-0.2, -0.15) is 0 Å². The van der Waals surface area contributed by atoms with Crippen molar-refractivity contribution in [3.63, 3.8) is 0 Å². The average Bonchev–Trinajstić information content (AvgIpc) is 2.69. The Balaban J connectivity index is 2.00. The van der Waals surface area contributed by atoms with E-state index in [0.29, 0.717) is 10.9 Å². The molecule has 1 saturated carbocycles. The van der Waals surface area contributed by atoms with Gasteiger partial charge < -0.3 is 5.73 Å². The fourth-order valence-electron chi connectivity index (χ4n) is 2.75. The summed E-state index contributed by atoms with van der Waals surface area (Å²) in [4.78, 5) is 0. The van der Waals surface area contributed by atoms with Crippen molar-refractivity contribution in [1.29, 1.82) is 0 Å². The summed E-state index contributed by atoms with van der Waals surface area (Å²) in [6.07, 6.45) is 4.44. The molecule has 0 radical (unpaired) electrons. The second-order valence-electron chi connectivity index (χ2n) is 5.28. The maximum atomic E-state index is 12.9. The Kier molecular flexibility index (Phi) is 4.05. The van der Waals surface area contributed by atoms with Gasteiger partial charge in [0.25, 0.3) is 0 Å². The number of hydrogen-bond acceptors (Lipinski definition) is 1. The van der Waals surface area contributed by atoms with Gasteiger partial charge in [0.2, 0.25) is 0 Å². The molecule has 0 saturated heterocycles. The molecule has 2 rings (SSSR count). The van der Waals surface area contributed by atoms with Crippen molar-refractivity contribution in [1.82, 2.24) is 0 Å². The first-order chi connectivity index (χ1) is 8.06. The van der Waals surface area contributed by atoms with Crippen LogP contribution in [0.15, 0.2) is 18.2 Å². The van der Waals surface area contributed by atoms with Crippen LogP contribution in [-0.4, -0.2) is 6.04 Å². The van der Waals surface area contributed by atoms with Gasteiger partial charge in [-0.05, 0) is 48.8 Å². The number of halogens is 2. The fourth-order valence-corrected chi connectivity index (χ4v) is 2.99. The van der Waals surface area contributed by atoms with Crippen LogP contribution in [0, 0.1) is 17.7 Å². The average molecular weight is 256 g/mol. The standard InChI is InChI=1S/C14H19ClFN/c1-9-2-3-11(6-9)14(17)7-10-4-5-12(16)8-13(10)15/h4-5,8-9,11,14H,2-3,6-7,17H2,1H3. The maximum Gasteiger partial charge on any atom is 0.124 e. The third-order valence-corrected chi connectivity index (χ3v) is 4.16. The molecule has 3 atom stereocenters. The topological polar surface area (TPSA) is 26.0 Å². The van der Waals surface area contributed by atoms with Crippen molar-refractivity contribution in [3.05, 3.63) is 34.6 Å². The first-order valence-electron chi connectivity index (χ1n) is 6.25. The molecule has 0 spiro atoms. The molecule has 0 amide bonds. The fraction of sp³-hybridized carbons (Fsp3) is 0.571. The summed E-state index contributed by atoms with van der Waals surface area (Å²) in [6.45, 7) is 2.28. The van der Waals surface area contributed by atoms with Crippen molar-refractivity contribution in [2.24, 2.45) is 17.6 Å². The molecule has 1 fully saturated rings. The minimum Gasteiger partial charge on any atom is -0.327 e. The van der Waals surface area contributed by atoms with Gasteiger partial charge in [-0.15, -0.1) is 0 Å². The van der Waals surface area contributed by atoms with E-state index in [1.54, 1.807) is 6.07 Å². The summed E-state index contributed by atoms with van der Waals surface area (Å²) >= 11 is 6.01. The molecule has 3 heteroatoms. The lowest BCUT2D eigenvalue weighted by Gasteiger charge is -2.19. The summed E-state index contributed by atoms with van der Waals surface area (Å²) in [6, 6.07) is 4.70. The zero-order chi connectivity index (χ0) is 12.4. The Morgan fingerprint density at radius 3 is 2.82 bits per heavy atom. The predicted octanol–water partition coefficient (Wildman–Crippen LogP) is 3.79. The van der Waals surface area contributed by atoms with Gasteiger partial charge in [-0.3, -0.25) is 0 Å². The van der Waals surface area contributed by atoms with E-state index in [1.165, 1.54) is 31.4 Å². The third-order valence-electron chi connectivity index (χ3n) is 3.81. The molecule has 17 heavy (non-hydrogen) atoms. The Bertz CT molecular complexity index is 394. The number of rotatable bonds is 3. The van der Waals surface area contributed by atoms with E-state index in [4.69, 9.17) is 17.3 Å². The van der Waals surface area contributed by atoms with Crippen LogP contribution >= 0.6 is 11.6 Å². The second-order valence-corrected chi connectivity index (χ2v) is 5.69. The Morgan fingerprint density at radius 2 is 2.24 bits per heavy atom. The van der Waals surface area contributed by atoms with E-state index in [-0.39, 0.29) is 11.9 Å². The van der Waals surface area contributed by atoms with Gasteiger partial charge in [0.05, 0.1) is 0 Å². The molecule has 0 aromatic heterocycles. The number of benzene rings is 1. The van der Waals surface area contributed by atoms with Crippen LogP contribution in [0.1, 0.15) is 31.7 Å². The first kappa shape index (κ1) is 12.8. The zero-order valence-corrected chi connectivity index (χ0v) is 10.9. The highest BCUT2D eigenvalue weighted by molar-refractivity contribution is 6.31. The lowest BCUT2D eigenvalue weighted by Crippen LogP contribution is -2.31. The highest BCUT2D eigenvalue weighted by atomic mass is 35.5. The highest BCUT2D eigenvalue weighted by Gasteiger charge is 2.26. The van der Waals surface area contributed by atoms with E-state index in [0.717, 1.165) is 17.9 Å². The van der Waals surface area contributed by atoms with Gasteiger partial charge in [-0.25, -0.2) is 4.39 Å². The Labute approximate surface area is 107 Å². The molecule has 94 valence electrons. The molecule has 1 aliphatic carbocycles. The monoisotopic (exact) mass is 255 g/mol. The van der Waals surface area contributed by atoms with Crippen molar-refractivity contribution in [2.75, 3.05) is 0 Å². The summed E-state index contributed by atoms with van der Waals surface area (Å²) in [5.41, 5.74) is 7.19. The Morgan fingerprint density at radius 1 is 1.47 bits per heavy atom. The van der Waals surface area contributed by atoms with E-state index in [1.807, 2.05) is 0 Å². The first-order valence-corrected chi connectivity index (χ1v) is 6.63. The molecular formula is C14H19ClFN.